The standard InChI is InChI=1S/C17H20N4O2S/c1-4-11(5-2)15(22)18-16-19-17-21(20-16)13(10-24-17)12-8-6-7-9-14(12)23-3/h6-11H,4-5H2,1-3H3,(H,18,20,22). The van der Waals surface area contributed by atoms with Gasteiger partial charge in [0.05, 0.1) is 12.8 Å². The van der Waals surface area contributed by atoms with Gasteiger partial charge in [0.2, 0.25) is 16.8 Å². The van der Waals surface area contributed by atoms with Crippen molar-refractivity contribution >= 4 is 28.2 Å². The van der Waals surface area contributed by atoms with Crippen LogP contribution in [0.5, 0.6) is 5.75 Å². The number of thiazole rings is 1. The number of anilines is 1. The summed E-state index contributed by atoms with van der Waals surface area (Å²) in [5.74, 6) is 1.07. The van der Waals surface area contributed by atoms with E-state index in [4.69, 9.17) is 4.74 Å². The minimum atomic E-state index is -0.0305. The molecule has 0 spiro atoms. The molecule has 0 atom stereocenters. The highest BCUT2D eigenvalue weighted by Gasteiger charge is 2.18. The topological polar surface area (TPSA) is 68.5 Å². The summed E-state index contributed by atoms with van der Waals surface area (Å²) in [4.78, 5) is 17.3. The van der Waals surface area contributed by atoms with E-state index in [9.17, 15) is 4.79 Å². The van der Waals surface area contributed by atoms with Gasteiger partial charge >= 0.3 is 0 Å². The molecule has 0 aliphatic rings. The van der Waals surface area contributed by atoms with Crippen LogP contribution in [0.25, 0.3) is 16.2 Å². The lowest BCUT2D eigenvalue weighted by atomic mass is 10.0. The van der Waals surface area contributed by atoms with Gasteiger partial charge in [0.1, 0.15) is 5.75 Å². The summed E-state index contributed by atoms with van der Waals surface area (Å²) in [5, 5.41) is 9.25. The first-order valence-corrected chi connectivity index (χ1v) is 8.84. The SMILES string of the molecule is CCC(CC)C(=O)Nc1nc2scc(-c3ccccc3OC)n2n1. The highest BCUT2D eigenvalue weighted by molar-refractivity contribution is 7.15. The van der Waals surface area contributed by atoms with Gasteiger partial charge in [0.25, 0.3) is 0 Å². The molecule has 2 heterocycles. The van der Waals surface area contributed by atoms with Crippen LogP contribution >= 0.6 is 11.3 Å². The third-order valence-electron chi connectivity index (χ3n) is 4.06. The number of methoxy groups -OCH3 is 1. The van der Waals surface area contributed by atoms with E-state index < -0.39 is 0 Å². The average molecular weight is 344 g/mol. The first kappa shape index (κ1) is 16.4. The number of fused-ring (bicyclic) bond motifs is 1. The van der Waals surface area contributed by atoms with Gasteiger partial charge in [-0.3, -0.25) is 10.1 Å². The van der Waals surface area contributed by atoms with Crippen molar-refractivity contribution in [2.24, 2.45) is 5.92 Å². The lowest BCUT2D eigenvalue weighted by Gasteiger charge is -2.10. The number of nitrogens with one attached hydrogen (secondary N) is 1. The van der Waals surface area contributed by atoms with Gasteiger partial charge in [-0.2, -0.15) is 4.98 Å². The average Bonchev–Trinajstić information content (AvgIpc) is 3.16. The fourth-order valence-electron chi connectivity index (χ4n) is 2.65. The van der Waals surface area contributed by atoms with Gasteiger partial charge in [0, 0.05) is 16.9 Å². The molecule has 126 valence electrons. The number of aromatic nitrogens is 3. The van der Waals surface area contributed by atoms with Crippen molar-refractivity contribution in [2.75, 3.05) is 12.4 Å². The fraction of sp³-hybridized carbons (Fsp3) is 0.353. The molecular formula is C17H20N4O2S. The van der Waals surface area contributed by atoms with Gasteiger partial charge in [-0.05, 0) is 25.0 Å². The number of ether oxygens (including phenoxy) is 1. The monoisotopic (exact) mass is 344 g/mol. The molecule has 0 aliphatic heterocycles. The number of rotatable bonds is 6. The van der Waals surface area contributed by atoms with Crippen LogP contribution in [0.3, 0.4) is 0 Å². The number of hydrogen-bond donors (Lipinski definition) is 1. The summed E-state index contributed by atoms with van der Waals surface area (Å²) in [6.07, 6.45) is 1.61. The van der Waals surface area contributed by atoms with E-state index in [1.54, 1.807) is 11.6 Å². The number of amides is 1. The minimum Gasteiger partial charge on any atom is -0.496 e. The summed E-state index contributed by atoms with van der Waals surface area (Å²) in [6, 6.07) is 7.76. The Morgan fingerprint density at radius 3 is 2.79 bits per heavy atom. The van der Waals surface area contributed by atoms with Crippen LogP contribution in [-0.4, -0.2) is 27.6 Å². The minimum absolute atomic E-state index is 0.0137. The van der Waals surface area contributed by atoms with Crippen LogP contribution in [0.4, 0.5) is 5.95 Å². The van der Waals surface area contributed by atoms with Crippen molar-refractivity contribution in [1.29, 1.82) is 0 Å². The Balaban J connectivity index is 1.93. The van der Waals surface area contributed by atoms with E-state index in [1.807, 2.05) is 43.5 Å². The summed E-state index contributed by atoms with van der Waals surface area (Å²) < 4.78 is 7.16. The lowest BCUT2D eigenvalue weighted by Crippen LogP contribution is -2.22. The molecule has 7 heteroatoms. The Labute approximate surface area is 144 Å². The molecule has 0 aliphatic carbocycles. The van der Waals surface area contributed by atoms with Crippen molar-refractivity contribution in [3.63, 3.8) is 0 Å². The van der Waals surface area contributed by atoms with Crippen LogP contribution in [0.2, 0.25) is 0 Å². The molecular weight excluding hydrogens is 324 g/mol. The molecule has 0 saturated heterocycles. The number of para-hydroxylation sites is 1. The molecule has 24 heavy (non-hydrogen) atoms. The second-order valence-corrected chi connectivity index (χ2v) is 6.29. The van der Waals surface area contributed by atoms with Crippen LogP contribution in [-0.2, 0) is 4.79 Å². The van der Waals surface area contributed by atoms with Gasteiger partial charge in [0.15, 0.2) is 0 Å². The van der Waals surface area contributed by atoms with E-state index in [0.717, 1.165) is 34.8 Å². The van der Waals surface area contributed by atoms with E-state index >= 15 is 0 Å². The smallest absolute Gasteiger partial charge is 0.250 e. The van der Waals surface area contributed by atoms with Crippen LogP contribution in [0.15, 0.2) is 29.6 Å². The zero-order chi connectivity index (χ0) is 17.1. The number of hydrogen-bond acceptors (Lipinski definition) is 5. The largest absolute Gasteiger partial charge is 0.496 e. The Hall–Kier alpha value is -2.41. The third kappa shape index (κ3) is 2.99. The van der Waals surface area contributed by atoms with E-state index in [0.29, 0.717) is 5.95 Å². The predicted octanol–water partition coefficient (Wildman–Crippen LogP) is 3.84. The van der Waals surface area contributed by atoms with Crippen molar-refractivity contribution in [1.82, 2.24) is 14.6 Å². The number of carbonyl (C=O) groups is 1. The maximum Gasteiger partial charge on any atom is 0.250 e. The van der Waals surface area contributed by atoms with Crippen LogP contribution in [0, 0.1) is 5.92 Å². The Morgan fingerprint density at radius 2 is 2.08 bits per heavy atom. The molecule has 0 radical (unpaired) electrons. The first-order valence-electron chi connectivity index (χ1n) is 7.96. The Kier molecular flexibility index (Phi) is 4.80. The second kappa shape index (κ2) is 7.00. The molecule has 6 nitrogen and oxygen atoms in total. The van der Waals surface area contributed by atoms with E-state index in [-0.39, 0.29) is 11.8 Å². The molecule has 3 rings (SSSR count). The Morgan fingerprint density at radius 1 is 1.33 bits per heavy atom. The molecule has 2 aromatic heterocycles. The molecule has 0 fully saturated rings. The van der Waals surface area contributed by atoms with Crippen molar-refractivity contribution < 1.29 is 9.53 Å². The molecule has 0 unspecified atom stereocenters. The van der Waals surface area contributed by atoms with Crippen molar-refractivity contribution in [2.45, 2.75) is 26.7 Å². The predicted molar refractivity (Wildman–Crippen MR) is 95.6 cm³/mol. The number of carbonyl (C=O) groups excluding carboxylic acids is 1. The molecule has 3 aromatic rings. The normalized spacial score (nSPS) is 11.2. The summed E-state index contributed by atoms with van der Waals surface area (Å²) in [5.41, 5.74) is 1.83. The number of nitrogens with zero attached hydrogens (tertiary/aromatic N) is 3. The molecule has 1 aromatic carbocycles. The van der Waals surface area contributed by atoms with Gasteiger partial charge in [-0.1, -0.05) is 26.0 Å². The number of benzene rings is 1. The maximum atomic E-state index is 12.2. The maximum absolute atomic E-state index is 12.2. The van der Waals surface area contributed by atoms with Crippen molar-refractivity contribution in [3.8, 4) is 17.0 Å². The van der Waals surface area contributed by atoms with E-state index in [2.05, 4.69) is 15.4 Å². The molecule has 1 N–H and O–H groups in total. The summed E-state index contributed by atoms with van der Waals surface area (Å²) >= 11 is 1.48. The first-order chi connectivity index (χ1) is 11.7. The zero-order valence-corrected chi connectivity index (χ0v) is 14.8. The van der Waals surface area contributed by atoms with Crippen molar-refractivity contribution in [3.05, 3.63) is 29.6 Å². The molecule has 1 amide bonds. The summed E-state index contributed by atoms with van der Waals surface area (Å²) in [6.45, 7) is 4.01. The van der Waals surface area contributed by atoms with Gasteiger partial charge in [-0.15, -0.1) is 16.4 Å². The van der Waals surface area contributed by atoms with Gasteiger partial charge < -0.3 is 4.74 Å². The quantitative estimate of drug-likeness (QED) is 0.737. The van der Waals surface area contributed by atoms with E-state index in [1.165, 1.54) is 11.3 Å². The lowest BCUT2D eigenvalue weighted by molar-refractivity contribution is -0.120. The highest BCUT2D eigenvalue weighted by Crippen LogP contribution is 2.32. The van der Waals surface area contributed by atoms with Gasteiger partial charge in [-0.25, -0.2) is 4.52 Å². The van der Waals surface area contributed by atoms with Crippen LogP contribution in [0.1, 0.15) is 26.7 Å². The second-order valence-electron chi connectivity index (χ2n) is 5.45. The molecule has 0 bridgehead atoms. The molecule has 0 saturated carbocycles. The Bertz CT molecular complexity index is 851. The zero-order valence-electron chi connectivity index (χ0n) is 13.9. The fourth-order valence-corrected chi connectivity index (χ4v) is 3.47. The van der Waals surface area contributed by atoms with Crippen LogP contribution < -0.4 is 10.1 Å². The highest BCUT2D eigenvalue weighted by atomic mass is 32.1. The summed E-state index contributed by atoms with van der Waals surface area (Å²) in [7, 11) is 1.64. The third-order valence-corrected chi connectivity index (χ3v) is 4.87.